The van der Waals surface area contributed by atoms with Crippen LogP contribution in [0.5, 0.6) is 0 Å². The molecule has 1 saturated heterocycles. The lowest BCUT2D eigenvalue weighted by atomic mass is 10.1. The third-order valence-corrected chi connectivity index (χ3v) is 4.41. The van der Waals surface area contributed by atoms with Gasteiger partial charge in [0.25, 0.3) is 5.91 Å². The lowest BCUT2D eigenvalue weighted by Gasteiger charge is -2.35. The Hall–Kier alpha value is -0.810. The molecule has 1 aliphatic rings. The predicted molar refractivity (Wildman–Crippen MR) is 85.3 cm³/mol. The summed E-state index contributed by atoms with van der Waals surface area (Å²) >= 11 is 12.2. The Bertz CT molecular complexity index is 494. The second kappa shape index (κ2) is 6.97. The average molecular weight is 332 g/mol. The molecular formula is C15H21Cl2N2O2+. The van der Waals surface area contributed by atoms with Crippen molar-refractivity contribution < 1.29 is 14.4 Å². The second-order valence-electron chi connectivity index (χ2n) is 5.63. The van der Waals surface area contributed by atoms with E-state index in [1.165, 1.54) is 4.90 Å². The van der Waals surface area contributed by atoms with Gasteiger partial charge >= 0.3 is 0 Å². The van der Waals surface area contributed by atoms with Gasteiger partial charge in [-0.1, -0.05) is 29.3 Å². The summed E-state index contributed by atoms with van der Waals surface area (Å²) in [4.78, 5) is 13.6. The summed E-state index contributed by atoms with van der Waals surface area (Å²) in [6.45, 7) is 7.61. The van der Waals surface area contributed by atoms with E-state index >= 15 is 0 Å². The fourth-order valence-corrected chi connectivity index (χ4v) is 3.19. The third-order valence-electron chi connectivity index (χ3n) is 3.78. The number of carbonyl (C=O) groups is 1. The van der Waals surface area contributed by atoms with Gasteiger partial charge in [-0.3, -0.25) is 4.79 Å². The van der Waals surface area contributed by atoms with Crippen LogP contribution in [0.2, 0.25) is 10.0 Å². The molecule has 3 atom stereocenters. The van der Waals surface area contributed by atoms with Crippen LogP contribution < -0.4 is 10.2 Å². The molecule has 116 valence electrons. The Kier molecular flexibility index (Phi) is 5.49. The zero-order valence-corrected chi connectivity index (χ0v) is 14.0. The smallest absolute Gasteiger partial charge is 0.282 e. The third kappa shape index (κ3) is 4.10. The number of amides is 1. The van der Waals surface area contributed by atoms with Crippen LogP contribution in [0.25, 0.3) is 0 Å². The maximum absolute atomic E-state index is 12.4. The van der Waals surface area contributed by atoms with Crippen LogP contribution in [0.15, 0.2) is 18.2 Å². The fraction of sp³-hybridized carbons (Fsp3) is 0.533. The summed E-state index contributed by atoms with van der Waals surface area (Å²) in [5.74, 6) is -0.0821. The molecule has 0 bridgehead atoms. The predicted octanol–water partition coefficient (Wildman–Crippen LogP) is 2.01. The molecule has 1 aliphatic heterocycles. The zero-order chi connectivity index (χ0) is 15.6. The number of rotatable bonds is 3. The molecule has 1 amide bonds. The highest BCUT2D eigenvalue weighted by molar-refractivity contribution is 6.39. The summed E-state index contributed by atoms with van der Waals surface area (Å²) in [6.07, 6.45) is 0.311. The molecule has 0 unspecified atom stereocenters. The van der Waals surface area contributed by atoms with Gasteiger partial charge in [0.2, 0.25) is 0 Å². The number of morpholine rings is 1. The second-order valence-corrected chi connectivity index (χ2v) is 6.45. The minimum atomic E-state index is -0.189. The van der Waals surface area contributed by atoms with Crippen LogP contribution in [-0.4, -0.2) is 37.2 Å². The first kappa shape index (κ1) is 16.6. The molecule has 1 aromatic rings. The van der Waals surface area contributed by atoms with Crippen LogP contribution in [0.4, 0.5) is 5.69 Å². The zero-order valence-electron chi connectivity index (χ0n) is 12.5. The number of ether oxygens (including phenoxy) is 1. The molecule has 2 rings (SSSR count). The number of anilines is 1. The minimum absolute atomic E-state index is 0.0821. The number of hydrogen-bond acceptors (Lipinski definition) is 2. The Labute approximate surface area is 135 Å². The fourth-order valence-electron chi connectivity index (χ4n) is 2.70. The lowest BCUT2D eigenvalue weighted by Crippen LogP contribution is -3.19. The number of quaternary nitrogens is 1. The molecule has 6 heteroatoms. The van der Waals surface area contributed by atoms with Gasteiger partial charge in [-0.25, -0.2) is 0 Å². The van der Waals surface area contributed by atoms with Crippen molar-refractivity contribution in [2.75, 3.05) is 18.4 Å². The van der Waals surface area contributed by atoms with E-state index in [1.54, 1.807) is 18.2 Å². The Balaban J connectivity index is 2.06. The molecule has 0 saturated carbocycles. The van der Waals surface area contributed by atoms with Crippen molar-refractivity contribution in [1.82, 2.24) is 0 Å². The van der Waals surface area contributed by atoms with E-state index < -0.39 is 0 Å². The van der Waals surface area contributed by atoms with Crippen molar-refractivity contribution in [2.24, 2.45) is 0 Å². The quantitative estimate of drug-likeness (QED) is 0.889. The van der Waals surface area contributed by atoms with Gasteiger partial charge in [0.05, 0.1) is 15.7 Å². The molecule has 2 N–H and O–H groups in total. The molecule has 0 spiro atoms. The minimum Gasteiger partial charge on any atom is -0.364 e. The van der Waals surface area contributed by atoms with Crippen molar-refractivity contribution in [3.8, 4) is 0 Å². The van der Waals surface area contributed by atoms with Gasteiger partial charge in [-0.2, -0.15) is 0 Å². The normalized spacial score (nSPS) is 27.2. The van der Waals surface area contributed by atoms with Crippen LogP contribution in [-0.2, 0) is 9.53 Å². The average Bonchev–Trinajstić information content (AvgIpc) is 2.41. The number of hydrogen-bond donors (Lipinski definition) is 2. The van der Waals surface area contributed by atoms with Gasteiger partial charge < -0.3 is 15.0 Å². The van der Waals surface area contributed by atoms with E-state index in [0.29, 0.717) is 15.7 Å². The molecule has 21 heavy (non-hydrogen) atoms. The number of nitrogens with one attached hydrogen (secondary N) is 2. The van der Waals surface area contributed by atoms with E-state index in [9.17, 15) is 4.79 Å². The van der Waals surface area contributed by atoms with Gasteiger partial charge in [0, 0.05) is 0 Å². The van der Waals surface area contributed by atoms with Crippen molar-refractivity contribution in [2.45, 2.75) is 39.0 Å². The molecule has 4 nitrogen and oxygen atoms in total. The van der Waals surface area contributed by atoms with Crippen molar-refractivity contribution in [3.63, 3.8) is 0 Å². The van der Waals surface area contributed by atoms with Gasteiger partial charge in [0.15, 0.2) is 6.04 Å². The molecule has 1 heterocycles. The molecule has 1 aromatic carbocycles. The maximum Gasteiger partial charge on any atom is 0.282 e. The van der Waals surface area contributed by atoms with Crippen LogP contribution in [0.3, 0.4) is 0 Å². The topological polar surface area (TPSA) is 42.8 Å². The first-order valence-corrected chi connectivity index (χ1v) is 7.89. The van der Waals surface area contributed by atoms with E-state index in [1.807, 2.05) is 20.8 Å². The van der Waals surface area contributed by atoms with Crippen molar-refractivity contribution in [1.29, 1.82) is 0 Å². The molecule has 0 aliphatic carbocycles. The highest BCUT2D eigenvalue weighted by Crippen LogP contribution is 2.29. The van der Waals surface area contributed by atoms with E-state index in [4.69, 9.17) is 27.9 Å². The van der Waals surface area contributed by atoms with E-state index in [2.05, 4.69) is 5.32 Å². The number of para-hydroxylation sites is 1. The molecular weight excluding hydrogens is 311 g/mol. The van der Waals surface area contributed by atoms with Crippen LogP contribution in [0, 0.1) is 0 Å². The summed E-state index contributed by atoms with van der Waals surface area (Å²) in [5, 5.41) is 3.73. The highest BCUT2D eigenvalue weighted by Gasteiger charge is 2.33. The van der Waals surface area contributed by atoms with E-state index in [-0.39, 0.29) is 24.2 Å². The molecule has 1 fully saturated rings. The van der Waals surface area contributed by atoms with Gasteiger partial charge in [0.1, 0.15) is 25.3 Å². The monoisotopic (exact) mass is 331 g/mol. The molecule has 0 radical (unpaired) electrons. The SMILES string of the molecule is C[C@@H]1C[NH+]([C@@H](C)C(=O)Nc2c(Cl)cccc2Cl)C[C@@H](C)O1. The summed E-state index contributed by atoms with van der Waals surface area (Å²) in [7, 11) is 0. The first-order valence-electron chi connectivity index (χ1n) is 7.13. The maximum atomic E-state index is 12.4. The van der Waals surface area contributed by atoms with Gasteiger partial charge in [-0.05, 0) is 32.9 Å². The first-order chi connectivity index (χ1) is 9.88. The van der Waals surface area contributed by atoms with Crippen LogP contribution >= 0.6 is 23.2 Å². The number of halogens is 2. The van der Waals surface area contributed by atoms with E-state index in [0.717, 1.165) is 13.1 Å². The van der Waals surface area contributed by atoms with Crippen LogP contribution in [0.1, 0.15) is 20.8 Å². The standard InChI is InChI=1S/C15H20Cl2N2O2/c1-9-7-19(8-10(2)21-9)11(3)15(20)18-14-12(16)5-4-6-13(14)17/h4-6,9-11H,7-8H2,1-3H3,(H,18,20)/p+1/t9-,10-,11+/m1/s1. The molecule has 0 aromatic heterocycles. The Morgan fingerprint density at radius 1 is 1.29 bits per heavy atom. The Morgan fingerprint density at radius 3 is 2.33 bits per heavy atom. The number of carbonyl (C=O) groups excluding carboxylic acids is 1. The Morgan fingerprint density at radius 2 is 1.81 bits per heavy atom. The van der Waals surface area contributed by atoms with Crippen molar-refractivity contribution in [3.05, 3.63) is 28.2 Å². The summed E-state index contributed by atoms with van der Waals surface area (Å²) < 4.78 is 5.71. The largest absolute Gasteiger partial charge is 0.364 e. The van der Waals surface area contributed by atoms with Gasteiger partial charge in [-0.15, -0.1) is 0 Å². The lowest BCUT2D eigenvalue weighted by molar-refractivity contribution is -0.928. The summed E-state index contributed by atoms with van der Waals surface area (Å²) in [5.41, 5.74) is 0.478. The van der Waals surface area contributed by atoms with Crippen molar-refractivity contribution >= 4 is 34.8 Å². The highest BCUT2D eigenvalue weighted by atomic mass is 35.5. The summed E-state index contributed by atoms with van der Waals surface area (Å²) in [6, 6.07) is 4.98. The number of benzene rings is 1.